The highest BCUT2D eigenvalue weighted by molar-refractivity contribution is 7.99. The van der Waals surface area contributed by atoms with Gasteiger partial charge in [0.2, 0.25) is 0 Å². The van der Waals surface area contributed by atoms with Crippen molar-refractivity contribution in [3.63, 3.8) is 0 Å². The topological polar surface area (TPSA) is 48.1 Å². The number of benzene rings is 1. The van der Waals surface area contributed by atoms with Crippen molar-refractivity contribution in [3.05, 3.63) is 35.5 Å². The van der Waals surface area contributed by atoms with Gasteiger partial charge in [-0.3, -0.25) is 0 Å². The molecule has 4 nitrogen and oxygen atoms in total. The first-order valence-electron chi connectivity index (χ1n) is 7.42. The predicted molar refractivity (Wildman–Crippen MR) is 89.0 cm³/mol. The second-order valence-corrected chi connectivity index (χ2v) is 6.62. The molecule has 0 radical (unpaired) electrons. The lowest BCUT2D eigenvalue weighted by molar-refractivity contribution is 0.203. The highest BCUT2D eigenvalue weighted by atomic mass is 32.2. The van der Waals surface area contributed by atoms with Gasteiger partial charge in [0.15, 0.2) is 0 Å². The molecule has 1 aliphatic heterocycles. The van der Waals surface area contributed by atoms with Crippen LogP contribution in [0.3, 0.4) is 0 Å². The van der Waals surface area contributed by atoms with E-state index in [-0.39, 0.29) is 6.03 Å². The molecule has 0 atom stereocenters. The molecule has 1 saturated heterocycles. The average Bonchev–Trinajstić information content (AvgIpc) is 2.93. The number of aromatic amines is 1. The Morgan fingerprint density at radius 3 is 3.00 bits per heavy atom. The monoisotopic (exact) mass is 303 g/mol. The lowest BCUT2D eigenvalue weighted by atomic mass is 10.1. The van der Waals surface area contributed by atoms with Crippen LogP contribution in [0.5, 0.6) is 0 Å². The number of nitrogens with zero attached hydrogens (tertiary/aromatic N) is 1. The van der Waals surface area contributed by atoms with Gasteiger partial charge in [0.1, 0.15) is 0 Å². The molecule has 0 bridgehead atoms. The molecule has 21 heavy (non-hydrogen) atoms. The van der Waals surface area contributed by atoms with Crippen molar-refractivity contribution >= 4 is 28.7 Å². The molecule has 2 N–H and O–H groups in total. The maximum atomic E-state index is 12.1. The zero-order valence-corrected chi connectivity index (χ0v) is 13.1. The number of nitrogens with one attached hydrogen (secondary N) is 2. The van der Waals surface area contributed by atoms with Gasteiger partial charge in [0, 0.05) is 48.2 Å². The second-order valence-electron chi connectivity index (χ2n) is 5.39. The van der Waals surface area contributed by atoms with E-state index in [4.69, 9.17) is 0 Å². The van der Waals surface area contributed by atoms with Crippen LogP contribution in [-0.4, -0.2) is 47.1 Å². The Bertz CT molecular complexity index is 631. The number of aromatic nitrogens is 1. The van der Waals surface area contributed by atoms with E-state index in [1.807, 2.05) is 16.7 Å². The molecule has 1 aromatic heterocycles. The summed E-state index contributed by atoms with van der Waals surface area (Å²) in [6.45, 7) is 4.54. The molecular formula is C16H21N3OS. The van der Waals surface area contributed by atoms with E-state index < -0.39 is 0 Å². The Morgan fingerprint density at radius 2 is 2.19 bits per heavy atom. The average molecular weight is 303 g/mol. The zero-order valence-electron chi connectivity index (χ0n) is 12.3. The Labute approximate surface area is 129 Å². The molecule has 2 aromatic rings. The number of urea groups is 1. The highest BCUT2D eigenvalue weighted by Crippen LogP contribution is 2.22. The lowest BCUT2D eigenvalue weighted by Gasteiger charge is -2.26. The number of aryl methyl sites for hydroxylation is 1. The van der Waals surface area contributed by atoms with Gasteiger partial charge >= 0.3 is 6.03 Å². The van der Waals surface area contributed by atoms with Crippen LogP contribution in [0.4, 0.5) is 4.79 Å². The largest absolute Gasteiger partial charge is 0.361 e. The maximum Gasteiger partial charge on any atom is 0.317 e. The number of thioether (sulfide) groups is 1. The third-order valence-corrected chi connectivity index (χ3v) is 4.91. The standard InChI is InChI=1S/C16H21N3OS/c1-12-3-2-4-14-15(12)13(11-18-14)5-6-17-16(20)19-7-9-21-10-8-19/h2-4,11,18H,5-10H2,1H3,(H,17,20). The zero-order chi connectivity index (χ0) is 14.7. The van der Waals surface area contributed by atoms with Crippen LogP contribution in [0.25, 0.3) is 10.9 Å². The first-order valence-corrected chi connectivity index (χ1v) is 8.57. The van der Waals surface area contributed by atoms with Crippen LogP contribution in [-0.2, 0) is 6.42 Å². The van der Waals surface area contributed by atoms with E-state index >= 15 is 0 Å². The molecule has 2 heterocycles. The summed E-state index contributed by atoms with van der Waals surface area (Å²) in [6, 6.07) is 6.36. The van der Waals surface area contributed by atoms with Gasteiger partial charge in [0.25, 0.3) is 0 Å². The van der Waals surface area contributed by atoms with E-state index in [0.29, 0.717) is 6.54 Å². The van der Waals surface area contributed by atoms with Gasteiger partial charge in [-0.1, -0.05) is 12.1 Å². The molecule has 5 heteroatoms. The fraction of sp³-hybridized carbons (Fsp3) is 0.438. The molecule has 3 rings (SSSR count). The fourth-order valence-corrected chi connectivity index (χ4v) is 3.73. The number of amides is 2. The molecule has 0 unspecified atom stereocenters. The van der Waals surface area contributed by atoms with Gasteiger partial charge in [-0.25, -0.2) is 4.79 Å². The van der Waals surface area contributed by atoms with E-state index in [9.17, 15) is 4.79 Å². The SMILES string of the molecule is Cc1cccc2[nH]cc(CCNC(=O)N3CCSCC3)c12. The van der Waals surface area contributed by atoms with Crippen molar-refractivity contribution in [1.82, 2.24) is 15.2 Å². The number of carbonyl (C=O) groups excluding carboxylic acids is 1. The molecule has 0 aliphatic carbocycles. The third-order valence-electron chi connectivity index (χ3n) is 3.96. The smallest absolute Gasteiger partial charge is 0.317 e. The lowest BCUT2D eigenvalue weighted by Crippen LogP contribution is -2.44. The molecule has 0 spiro atoms. The number of fused-ring (bicyclic) bond motifs is 1. The van der Waals surface area contributed by atoms with Gasteiger partial charge in [-0.2, -0.15) is 11.8 Å². The van der Waals surface area contributed by atoms with Gasteiger partial charge in [-0.05, 0) is 30.5 Å². The highest BCUT2D eigenvalue weighted by Gasteiger charge is 2.16. The van der Waals surface area contributed by atoms with Crippen LogP contribution in [0, 0.1) is 6.92 Å². The van der Waals surface area contributed by atoms with Crippen LogP contribution in [0.15, 0.2) is 24.4 Å². The van der Waals surface area contributed by atoms with Crippen LogP contribution < -0.4 is 5.32 Å². The number of H-pyrrole nitrogens is 1. The minimum atomic E-state index is 0.0758. The van der Waals surface area contributed by atoms with Crippen LogP contribution >= 0.6 is 11.8 Å². The summed E-state index contributed by atoms with van der Waals surface area (Å²) in [5.74, 6) is 2.10. The summed E-state index contributed by atoms with van der Waals surface area (Å²) in [4.78, 5) is 17.3. The summed E-state index contributed by atoms with van der Waals surface area (Å²) in [7, 11) is 0. The Hall–Kier alpha value is -1.62. The van der Waals surface area contributed by atoms with Crippen molar-refractivity contribution in [2.75, 3.05) is 31.1 Å². The number of carbonyl (C=O) groups is 1. The molecule has 1 fully saturated rings. The van der Waals surface area contributed by atoms with E-state index in [2.05, 4.69) is 41.6 Å². The van der Waals surface area contributed by atoms with Crippen LogP contribution in [0.1, 0.15) is 11.1 Å². The minimum Gasteiger partial charge on any atom is -0.361 e. The van der Waals surface area contributed by atoms with E-state index in [1.165, 1.54) is 22.0 Å². The second kappa shape index (κ2) is 6.43. The van der Waals surface area contributed by atoms with Crippen molar-refractivity contribution in [3.8, 4) is 0 Å². The molecular weight excluding hydrogens is 282 g/mol. The molecule has 1 aliphatic rings. The van der Waals surface area contributed by atoms with Crippen molar-refractivity contribution in [2.24, 2.45) is 0 Å². The molecule has 2 amide bonds. The number of hydrogen-bond donors (Lipinski definition) is 2. The Morgan fingerprint density at radius 1 is 1.38 bits per heavy atom. The third kappa shape index (κ3) is 3.18. The molecule has 1 aromatic carbocycles. The summed E-state index contributed by atoms with van der Waals surface area (Å²) in [5, 5.41) is 4.33. The van der Waals surface area contributed by atoms with Gasteiger partial charge in [0.05, 0.1) is 0 Å². The predicted octanol–water partition coefficient (Wildman–Crippen LogP) is 2.78. The first kappa shape index (κ1) is 14.3. The molecule has 112 valence electrons. The summed E-state index contributed by atoms with van der Waals surface area (Å²) < 4.78 is 0. The number of rotatable bonds is 3. The van der Waals surface area contributed by atoms with Crippen molar-refractivity contribution < 1.29 is 4.79 Å². The quantitative estimate of drug-likeness (QED) is 0.916. The van der Waals surface area contributed by atoms with Crippen LogP contribution in [0.2, 0.25) is 0 Å². The van der Waals surface area contributed by atoms with Crippen molar-refractivity contribution in [1.29, 1.82) is 0 Å². The summed E-state index contributed by atoms with van der Waals surface area (Å²) in [6.07, 6.45) is 2.92. The van der Waals surface area contributed by atoms with Gasteiger partial charge in [-0.15, -0.1) is 0 Å². The van der Waals surface area contributed by atoms with E-state index in [0.717, 1.165) is 31.0 Å². The normalized spacial score (nSPS) is 15.4. The summed E-state index contributed by atoms with van der Waals surface area (Å²) in [5.41, 5.74) is 3.73. The Balaban J connectivity index is 1.58. The maximum absolute atomic E-state index is 12.1. The number of hydrogen-bond acceptors (Lipinski definition) is 2. The first-order chi connectivity index (χ1) is 10.3. The Kier molecular flexibility index (Phi) is 4.39. The minimum absolute atomic E-state index is 0.0758. The fourth-order valence-electron chi connectivity index (χ4n) is 2.83. The van der Waals surface area contributed by atoms with Gasteiger partial charge < -0.3 is 15.2 Å². The van der Waals surface area contributed by atoms with Crippen molar-refractivity contribution in [2.45, 2.75) is 13.3 Å². The summed E-state index contributed by atoms with van der Waals surface area (Å²) >= 11 is 1.92. The van der Waals surface area contributed by atoms with E-state index in [1.54, 1.807) is 0 Å². The molecule has 0 saturated carbocycles.